The summed E-state index contributed by atoms with van der Waals surface area (Å²) in [4.78, 5) is 17.7. The Morgan fingerprint density at radius 1 is 1.50 bits per heavy atom. The number of aromatic carboxylic acids is 1. The number of carboxylic acids is 1. The Labute approximate surface area is 96.9 Å². The van der Waals surface area contributed by atoms with Gasteiger partial charge in [-0.1, -0.05) is 17.7 Å². The molecular weight excluding hydrogens is 228 g/mol. The van der Waals surface area contributed by atoms with Gasteiger partial charge in [-0.2, -0.15) is 0 Å². The first kappa shape index (κ1) is 10.7. The number of aromatic amines is 1. The van der Waals surface area contributed by atoms with E-state index in [1.807, 2.05) is 6.92 Å². The highest BCUT2D eigenvalue weighted by molar-refractivity contribution is 6.31. The number of hydrogen-bond donors (Lipinski definition) is 2. The lowest BCUT2D eigenvalue weighted by Gasteiger charge is -2.04. The summed E-state index contributed by atoms with van der Waals surface area (Å²) in [5.74, 6) is -0.965. The van der Waals surface area contributed by atoms with Crippen LogP contribution >= 0.6 is 11.6 Å². The first-order valence-electron chi connectivity index (χ1n) is 4.63. The number of nitrogens with zero attached hydrogens (tertiary/aromatic N) is 1. The maximum absolute atomic E-state index is 10.9. The molecule has 2 aromatic rings. The van der Waals surface area contributed by atoms with E-state index in [0.29, 0.717) is 10.8 Å². The van der Waals surface area contributed by atoms with Crippen molar-refractivity contribution in [1.29, 1.82) is 0 Å². The zero-order valence-electron chi connectivity index (χ0n) is 8.49. The van der Waals surface area contributed by atoms with E-state index in [0.717, 1.165) is 11.1 Å². The fourth-order valence-electron chi connectivity index (χ4n) is 1.48. The van der Waals surface area contributed by atoms with Gasteiger partial charge in [0.1, 0.15) is 10.8 Å². The van der Waals surface area contributed by atoms with Gasteiger partial charge in [0, 0.05) is 5.56 Å². The standard InChI is InChI=1S/C11H9ClN2O2/c1-6-2-3-7(11(15)16)4-8(6)9-10(12)14-5-13-9/h2-5H,1H3,(H,13,14)(H,15,16). The van der Waals surface area contributed by atoms with Crippen molar-refractivity contribution in [2.24, 2.45) is 0 Å². The van der Waals surface area contributed by atoms with E-state index in [9.17, 15) is 4.79 Å². The van der Waals surface area contributed by atoms with Gasteiger partial charge in [0.25, 0.3) is 0 Å². The number of carbonyl (C=O) groups is 1. The molecule has 0 fully saturated rings. The molecule has 16 heavy (non-hydrogen) atoms. The van der Waals surface area contributed by atoms with Crippen molar-refractivity contribution in [3.8, 4) is 11.3 Å². The average Bonchev–Trinajstić information content (AvgIpc) is 2.65. The van der Waals surface area contributed by atoms with Gasteiger partial charge in [-0.3, -0.25) is 0 Å². The SMILES string of the molecule is Cc1ccc(C(=O)O)cc1-c1nc[nH]c1Cl. The van der Waals surface area contributed by atoms with E-state index in [4.69, 9.17) is 16.7 Å². The summed E-state index contributed by atoms with van der Waals surface area (Å²) in [6.07, 6.45) is 1.48. The number of aryl methyl sites for hydroxylation is 1. The largest absolute Gasteiger partial charge is 0.478 e. The highest BCUT2D eigenvalue weighted by atomic mass is 35.5. The van der Waals surface area contributed by atoms with Gasteiger partial charge in [0.2, 0.25) is 0 Å². The Morgan fingerprint density at radius 3 is 2.81 bits per heavy atom. The molecule has 0 bridgehead atoms. The van der Waals surface area contributed by atoms with Crippen LogP contribution in [0.15, 0.2) is 24.5 Å². The van der Waals surface area contributed by atoms with Crippen molar-refractivity contribution in [1.82, 2.24) is 9.97 Å². The topological polar surface area (TPSA) is 66.0 Å². The van der Waals surface area contributed by atoms with Crippen LogP contribution in [0.1, 0.15) is 15.9 Å². The van der Waals surface area contributed by atoms with Crippen LogP contribution in [-0.2, 0) is 0 Å². The molecule has 1 aromatic heterocycles. The predicted octanol–water partition coefficient (Wildman–Crippen LogP) is 2.74. The lowest BCUT2D eigenvalue weighted by molar-refractivity contribution is 0.0697. The monoisotopic (exact) mass is 236 g/mol. The number of hydrogen-bond acceptors (Lipinski definition) is 2. The Hall–Kier alpha value is -1.81. The summed E-state index contributed by atoms with van der Waals surface area (Å²) in [7, 11) is 0. The van der Waals surface area contributed by atoms with Crippen molar-refractivity contribution >= 4 is 17.6 Å². The molecule has 0 aliphatic carbocycles. The first-order valence-corrected chi connectivity index (χ1v) is 5.00. The van der Waals surface area contributed by atoms with E-state index in [1.54, 1.807) is 18.2 Å². The van der Waals surface area contributed by atoms with Crippen LogP contribution in [0.3, 0.4) is 0 Å². The van der Waals surface area contributed by atoms with Crippen molar-refractivity contribution in [2.45, 2.75) is 6.92 Å². The summed E-state index contributed by atoms with van der Waals surface area (Å²) < 4.78 is 0. The summed E-state index contributed by atoms with van der Waals surface area (Å²) in [5.41, 5.74) is 2.45. The predicted molar refractivity (Wildman–Crippen MR) is 60.7 cm³/mol. The minimum absolute atomic E-state index is 0.222. The van der Waals surface area contributed by atoms with E-state index < -0.39 is 5.97 Å². The fraction of sp³-hybridized carbons (Fsp3) is 0.0909. The number of aromatic nitrogens is 2. The Kier molecular flexibility index (Phi) is 2.66. The van der Waals surface area contributed by atoms with Gasteiger partial charge in [-0.05, 0) is 24.6 Å². The maximum atomic E-state index is 10.9. The Morgan fingerprint density at radius 2 is 2.25 bits per heavy atom. The number of H-pyrrole nitrogens is 1. The minimum atomic E-state index is -0.965. The molecule has 82 valence electrons. The molecule has 0 amide bonds. The zero-order chi connectivity index (χ0) is 11.7. The molecule has 4 nitrogen and oxygen atoms in total. The molecule has 0 aliphatic rings. The summed E-state index contributed by atoms with van der Waals surface area (Å²) in [6, 6.07) is 4.87. The van der Waals surface area contributed by atoms with E-state index >= 15 is 0 Å². The van der Waals surface area contributed by atoms with Gasteiger partial charge < -0.3 is 10.1 Å². The third-order valence-electron chi connectivity index (χ3n) is 2.33. The van der Waals surface area contributed by atoms with Crippen LogP contribution in [0.2, 0.25) is 5.15 Å². The Balaban J connectivity index is 2.60. The van der Waals surface area contributed by atoms with Crippen LogP contribution in [-0.4, -0.2) is 21.0 Å². The van der Waals surface area contributed by atoms with Gasteiger partial charge in [0.05, 0.1) is 11.9 Å². The average molecular weight is 237 g/mol. The molecule has 0 unspecified atom stereocenters. The highest BCUT2D eigenvalue weighted by Gasteiger charge is 2.12. The molecule has 0 atom stereocenters. The number of rotatable bonds is 2. The molecule has 0 radical (unpaired) electrons. The molecule has 2 N–H and O–H groups in total. The zero-order valence-corrected chi connectivity index (χ0v) is 9.25. The van der Waals surface area contributed by atoms with Crippen molar-refractivity contribution < 1.29 is 9.90 Å². The van der Waals surface area contributed by atoms with E-state index in [1.165, 1.54) is 6.33 Å². The third-order valence-corrected chi connectivity index (χ3v) is 2.62. The summed E-state index contributed by atoms with van der Waals surface area (Å²) in [5, 5.41) is 9.31. The summed E-state index contributed by atoms with van der Waals surface area (Å²) in [6.45, 7) is 1.88. The van der Waals surface area contributed by atoms with Gasteiger partial charge in [0.15, 0.2) is 0 Å². The Bertz CT molecular complexity index is 549. The quantitative estimate of drug-likeness (QED) is 0.843. The number of nitrogens with one attached hydrogen (secondary N) is 1. The first-order chi connectivity index (χ1) is 7.59. The second-order valence-electron chi connectivity index (χ2n) is 3.40. The van der Waals surface area contributed by atoms with Crippen LogP contribution in [0.5, 0.6) is 0 Å². The molecular formula is C11H9ClN2O2. The molecule has 2 rings (SSSR count). The van der Waals surface area contributed by atoms with Crippen LogP contribution in [0, 0.1) is 6.92 Å². The number of imidazole rings is 1. The molecule has 0 saturated carbocycles. The van der Waals surface area contributed by atoms with Gasteiger partial charge in [-0.15, -0.1) is 0 Å². The smallest absolute Gasteiger partial charge is 0.335 e. The minimum Gasteiger partial charge on any atom is -0.478 e. The highest BCUT2D eigenvalue weighted by Crippen LogP contribution is 2.27. The molecule has 1 heterocycles. The normalized spacial score (nSPS) is 10.4. The molecule has 0 aliphatic heterocycles. The van der Waals surface area contributed by atoms with Gasteiger partial charge in [-0.25, -0.2) is 9.78 Å². The number of halogens is 1. The van der Waals surface area contributed by atoms with Crippen molar-refractivity contribution in [3.63, 3.8) is 0 Å². The molecule has 0 spiro atoms. The summed E-state index contributed by atoms with van der Waals surface area (Å²) >= 11 is 5.91. The lowest BCUT2D eigenvalue weighted by Crippen LogP contribution is -1.97. The number of carboxylic acid groups (broad SMARTS) is 1. The van der Waals surface area contributed by atoms with Crippen LogP contribution in [0.4, 0.5) is 0 Å². The third kappa shape index (κ3) is 1.79. The molecule has 0 saturated heterocycles. The maximum Gasteiger partial charge on any atom is 0.335 e. The van der Waals surface area contributed by atoms with Crippen molar-refractivity contribution in [2.75, 3.05) is 0 Å². The second-order valence-corrected chi connectivity index (χ2v) is 3.78. The van der Waals surface area contributed by atoms with Crippen LogP contribution in [0.25, 0.3) is 11.3 Å². The van der Waals surface area contributed by atoms with Crippen molar-refractivity contribution in [3.05, 3.63) is 40.8 Å². The molecule has 5 heteroatoms. The van der Waals surface area contributed by atoms with E-state index in [-0.39, 0.29) is 5.56 Å². The second kappa shape index (κ2) is 3.98. The van der Waals surface area contributed by atoms with Gasteiger partial charge >= 0.3 is 5.97 Å². The van der Waals surface area contributed by atoms with E-state index in [2.05, 4.69) is 9.97 Å². The fourth-order valence-corrected chi connectivity index (χ4v) is 1.68. The van der Waals surface area contributed by atoms with Crippen LogP contribution < -0.4 is 0 Å². The number of benzene rings is 1. The molecule has 1 aromatic carbocycles. The lowest BCUT2D eigenvalue weighted by atomic mass is 10.0.